The van der Waals surface area contributed by atoms with Crippen LogP contribution in [0.25, 0.3) is 0 Å². The Morgan fingerprint density at radius 3 is 2.27 bits per heavy atom. The molecule has 33 heavy (non-hydrogen) atoms. The maximum absolute atomic E-state index is 14.0. The zero-order valence-corrected chi connectivity index (χ0v) is 19.5. The van der Waals surface area contributed by atoms with Crippen LogP contribution in [0.15, 0.2) is 42.5 Å². The van der Waals surface area contributed by atoms with Crippen molar-refractivity contribution in [2.24, 2.45) is 0 Å². The molecule has 10 heteroatoms. The Labute approximate surface area is 194 Å². The first-order valence-corrected chi connectivity index (χ1v) is 10.9. The molecule has 1 aromatic heterocycles. The van der Waals surface area contributed by atoms with Gasteiger partial charge in [0.05, 0.1) is 5.56 Å². The monoisotopic (exact) mass is 473 g/mol. The zero-order valence-electron chi connectivity index (χ0n) is 18.7. The van der Waals surface area contributed by atoms with E-state index >= 15 is 0 Å². The van der Waals surface area contributed by atoms with Crippen LogP contribution in [-0.2, 0) is 0 Å². The van der Waals surface area contributed by atoms with Gasteiger partial charge in [-0.05, 0) is 57.4 Å². The predicted molar refractivity (Wildman–Crippen MR) is 126 cm³/mol. The van der Waals surface area contributed by atoms with Gasteiger partial charge in [-0.25, -0.2) is 13.8 Å². The fraction of sp³-hybridized carbons (Fsp3) is 0.261. The number of hydrogen-bond donors (Lipinski definition) is 2. The Morgan fingerprint density at radius 2 is 1.70 bits per heavy atom. The van der Waals surface area contributed by atoms with Crippen LogP contribution in [0.3, 0.4) is 0 Å². The number of nitrogen functional groups attached to an aromatic ring is 1. The number of hydrogen-bond acceptors (Lipinski definition) is 7. The molecule has 0 saturated carbocycles. The number of halogens is 2. The van der Waals surface area contributed by atoms with Crippen LogP contribution in [-0.4, -0.2) is 60.2 Å². The quantitative estimate of drug-likeness (QED) is 0.481. The van der Waals surface area contributed by atoms with Crippen LogP contribution < -0.4 is 11.1 Å². The molecule has 0 saturated heterocycles. The average Bonchev–Trinajstić information content (AvgIpc) is 3.13. The minimum atomic E-state index is -0.965. The Bertz CT molecular complexity index is 1140. The lowest BCUT2D eigenvalue weighted by atomic mass is 10.1. The summed E-state index contributed by atoms with van der Waals surface area (Å²) in [4.78, 5) is 33.0. The minimum absolute atomic E-state index is 0.0649. The molecule has 0 aliphatic heterocycles. The summed E-state index contributed by atoms with van der Waals surface area (Å²) >= 11 is 0.890. The third-order valence-corrected chi connectivity index (χ3v) is 6.18. The number of ketones is 1. The Kier molecular flexibility index (Phi) is 7.39. The number of nitrogens with one attached hydrogen (secondary N) is 1. The highest BCUT2D eigenvalue weighted by Crippen LogP contribution is 2.31. The summed E-state index contributed by atoms with van der Waals surface area (Å²) in [6.07, 6.45) is 0. The second-order valence-electron chi connectivity index (χ2n) is 7.86. The van der Waals surface area contributed by atoms with Gasteiger partial charge < -0.3 is 20.9 Å². The van der Waals surface area contributed by atoms with Crippen molar-refractivity contribution in [3.05, 3.63) is 70.1 Å². The fourth-order valence-corrected chi connectivity index (χ4v) is 3.91. The summed E-state index contributed by atoms with van der Waals surface area (Å²) < 4.78 is 27.9. The van der Waals surface area contributed by atoms with Crippen LogP contribution in [0.5, 0.6) is 0 Å². The van der Waals surface area contributed by atoms with Gasteiger partial charge in [-0.3, -0.25) is 9.59 Å². The first kappa shape index (κ1) is 24.3. The molecular weight excluding hydrogens is 448 g/mol. The van der Waals surface area contributed by atoms with Crippen molar-refractivity contribution >= 4 is 39.7 Å². The molecule has 1 unspecified atom stereocenters. The number of rotatable bonds is 8. The van der Waals surface area contributed by atoms with Gasteiger partial charge >= 0.3 is 0 Å². The van der Waals surface area contributed by atoms with E-state index in [1.807, 2.05) is 25.9 Å². The predicted octanol–water partition coefficient (Wildman–Crippen LogP) is 4.00. The van der Waals surface area contributed by atoms with Crippen molar-refractivity contribution in [1.29, 1.82) is 0 Å². The number of carbonyl (C=O) groups excluding carboxylic acids is 2. The summed E-state index contributed by atoms with van der Waals surface area (Å²) in [6.45, 7) is 2.62. The average molecular weight is 474 g/mol. The van der Waals surface area contributed by atoms with E-state index in [9.17, 15) is 18.4 Å². The van der Waals surface area contributed by atoms with Crippen LogP contribution in [0.4, 0.5) is 25.4 Å². The van der Waals surface area contributed by atoms with Crippen molar-refractivity contribution in [2.75, 3.05) is 38.7 Å². The van der Waals surface area contributed by atoms with E-state index in [1.165, 1.54) is 6.07 Å². The lowest BCUT2D eigenvalue weighted by Crippen LogP contribution is -2.39. The Balaban J connectivity index is 1.72. The minimum Gasteiger partial charge on any atom is -0.382 e. The number of thiazole rings is 1. The molecule has 0 radical (unpaired) electrons. The molecule has 1 heterocycles. The van der Waals surface area contributed by atoms with E-state index in [-0.39, 0.29) is 27.8 Å². The lowest BCUT2D eigenvalue weighted by Gasteiger charge is -2.26. The zero-order chi connectivity index (χ0) is 24.3. The maximum Gasteiger partial charge on any atom is 0.253 e. The van der Waals surface area contributed by atoms with Gasteiger partial charge in [-0.1, -0.05) is 17.4 Å². The van der Waals surface area contributed by atoms with Gasteiger partial charge in [-0.15, -0.1) is 0 Å². The molecule has 3 rings (SSSR count). The molecule has 0 spiro atoms. The summed E-state index contributed by atoms with van der Waals surface area (Å²) in [6, 6.07) is 10.2. The number of aromatic nitrogens is 1. The molecule has 0 bridgehead atoms. The molecule has 0 aliphatic carbocycles. The van der Waals surface area contributed by atoms with Crippen molar-refractivity contribution in [2.45, 2.75) is 13.0 Å². The number of anilines is 3. The van der Waals surface area contributed by atoms with Crippen molar-refractivity contribution in [1.82, 2.24) is 14.8 Å². The van der Waals surface area contributed by atoms with Crippen molar-refractivity contribution in [3.63, 3.8) is 0 Å². The summed E-state index contributed by atoms with van der Waals surface area (Å²) in [5.74, 6) is -3.03. The fourth-order valence-electron chi connectivity index (χ4n) is 3.06. The third kappa shape index (κ3) is 5.52. The molecule has 7 nitrogen and oxygen atoms in total. The van der Waals surface area contributed by atoms with Crippen molar-refractivity contribution in [3.8, 4) is 0 Å². The molecule has 3 aromatic rings. The molecule has 174 valence electrons. The molecule has 1 amide bonds. The van der Waals surface area contributed by atoms with Crippen LogP contribution in [0.2, 0.25) is 0 Å². The first-order chi connectivity index (χ1) is 15.6. The lowest BCUT2D eigenvalue weighted by molar-refractivity contribution is 0.0761. The molecule has 1 atom stereocenters. The van der Waals surface area contributed by atoms with Crippen LogP contribution >= 0.6 is 11.3 Å². The number of nitrogens with zero attached hydrogens (tertiary/aromatic N) is 3. The number of benzene rings is 2. The van der Waals surface area contributed by atoms with E-state index in [0.29, 0.717) is 17.8 Å². The van der Waals surface area contributed by atoms with Gasteiger partial charge in [0.15, 0.2) is 5.13 Å². The van der Waals surface area contributed by atoms with Gasteiger partial charge in [-0.2, -0.15) is 0 Å². The van der Waals surface area contributed by atoms with Gasteiger partial charge in [0.1, 0.15) is 22.3 Å². The number of nitrogens with two attached hydrogens (primary N) is 1. The number of amides is 1. The third-order valence-electron chi connectivity index (χ3n) is 5.20. The van der Waals surface area contributed by atoms with E-state index in [1.54, 1.807) is 36.2 Å². The topological polar surface area (TPSA) is 91.6 Å². The van der Waals surface area contributed by atoms with Crippen LogP contribution in [0.1, 0.15) is 32.5 Å². The number of carbonyl (C=O) groups is 2. The summed E-state index contributed by atoms with van der Waals surface area (Å²) in [7, 11) is 5.67. The van der Waals surface area contributed by atoms with Crippen LogP contribution in [0, 0.1) is 11.6 Å². The van der Waals surface area contributed by atoms with Crippen molar-refractivity contribution < 1.29 is 18.4 Å². The molecule has 3 N–H and O–H groups in total. The van der Waals surface area contributed by atoms with E-state index in [2.05, 4.69) is 10.3 Å². The normalized spacial score (nSPS) is 12.0. The standard InChI is InChI=1S/C23H25F2N5O2S/c1-13(29(2)3)12-30(4)22(32)14-8-10-15(11-9-14)27-23-28-21(26)20(33-23)19(31)18-16(24)6-5-7-17(18)25/h5-11,13H,12,26H2,1-4H3,(H,27,28). The highest BCUT2D eigenvalue weighted by molar-refractivity contribution is 7.18. The summed E-state index contributed by atoms with van der Waals surface area (Å²) in [5, 5.41) is 3.28. The second kappa shape index (κ2) is 10.1. The number of likely N-dealkylation sites (N-methyl/N-ethyl adjacent to an activating group) is 2. The molecular formula is C23H25F2N5O2S. The smallest absolute Gasteiger partial charge is 0.253 e. The molecule has 0 aliphatic rings. The first-order valence-electron chi connectivity index (χ1n) is 10.1. The Morgan fingerprint density at radius 1 is 1.09 bits per heavy atom. The SMILES string of the molecule is CC(CN(C)C(=O)c1ccc(Nc2nc(N)c(C(=O)c3c(F)cccc3F)s2)cc1)N(C)C. The second-order valence-corrected chi connectivity index (χ2v) is 8.86. The van der Waals surface area contributed by atoms with E-state index in [4.69, 9.17) is 5.73 Å². The molecule has 2 aromatic carbocycles. The van der Waals surface area contributed by atoms with Gasteiger partial charge in [0, 0.05) is 30.9 Å². The highest BCUT2D eigenvalue weighted by atomic mass is 32.1. The summed E-state index contributed by atoms with van der Waals surface area (Å²) in [5.41, 5.74) is 6.30. The van der Waals surface area contributed by atoms with Gasteiger partial charge in [0.25, 0.3) is 5.91 Å². The van der Waals surface area contributed by atoms with Gasteiger partial charge in [0.2, 0.25) is 5.78 Å². The maximum atomic E-state index is 14.0. The highest BCUT2D eigenvalue weighted by Gasteiger charge is 2.24. The Hall–Kier alpha value is -3.37. The molecule has 0 fully saturated rings. The van der Waals surface area contributed by atoms with E-state index < -0.39 is 23.0 Å². The van der Waals surface area contributed by atoms with E-state index in [0.717, 1.165) is 23.5 Å². The largest absolute Gasteiger partial charge is 0.382 e.